The van der Waals surface area contributed by atoms with E-state index in [2.05, 4.69) is 5.32 Å². The average Bonchev–Trinajstić information content (AvgIpc) is 2.94. The van der Waals surface area contributed by atoms with Gasteiger partial charge in [-0.1, -0.05) is 55.8 Å². The Morgan fingerprint density at radius 3 is 2.20 bits per heavy atom. The Hall–Kier alpha value is -3.92. The van der Waals surface area contributed by atoms with Crippen molar-refractivity contribution >= 4 is 27.5 Å². The summed E-state index contributed by atoms with van der Waals surface area (Å²) >= 11 is 0. The van der Waals surface area contributed by atoms with Gasteiger partial charge in [-0.05, 0) is 68.7 Å². The molecule has 0 aromatic heterocycles. The Balaban J connectivity index is 2.06. The number of carbonyl (C=O) groups excluding carboxylic acids is 2. The molecule has 1 N–H and O–H groups in total. The Morgan fingerprint density at radius 2 is 1.59 bits per heavy atom. The first-order chi connectivity index (χ1) is 19.4. The first-order valence-corrected chi connectivity index (χ1v) is 15.0. The standard InChI is InChI=1S/C31H38FN3O5S/c1-6-40-29-10-8-7-9-28(29)35(41(38,39)27-17-11-23(4)12-18-27)21-30(36)34(20-25-13-15-26(32)16-14-25)24(5)31(37)33-19-22(2)3/h7-18,22,24H,6,19-21H2,1-5H3,(H,33,37)/t24-/m1/s1. The van der Waals surface area contributed by atoms with Gasteiger partial charge < -0.3 is 15.0 Å². The molecule has 0 saturated carbocycles. The molecule has 0 heterocycles. The minimum atomic E-state index is -4.23. The van der Waals surface area contributed by atoms with Crippen LogP contribution in [0, 0.1) is 18.7 Å². The van der Waals surface area contributed by atoms with Gasteiger partial charge >= 0.3 is 0 Å². The molecule has 0 saturated heterocycles. The molecule has 3 aromatic carbocycles. The highest BCUT2D eigenvalue weighted by Crippen LogP contribution is 2.33. The van der Waals surface area contributed by atoms with E-state index in [9.17, 15) is 22.4 Å². The maximum absolute atomic E-state index is 14.0. The number of nitrogens with one attached hydrogen (secondary N) is 1. The minimum absolute atomic E-state index is 0.00927. The van der Waals surface area contributed by atoms with Crippen LogP contribution >= 0.6 is 0 Å². The van der Waals surface area contributed by atoms with Crippen molar-refractivity contribution in [2.45, 2.75) is 52.1 Å². The van der Waals surface area contributed by atoms with Gasteiger partial charge in [-0.15, -0.1) is 0 Å². The van der Waals surface area contributed by atoms with Crippen molar-refractivity contribution in [3.63, 3.8) is 0 Å². The zero-order chi connectivity index (χ0) is 30.2. The highest BCUT2D eigenvalue weighted by atomic mass is 32.2. The summed E-state index contributed by atoms with van der Waals surface area (Å²) in [7, 11) is -4.23. The number of aryl methyl sites for hydroxylation is 1. The molecule has 1 atom stereocenters. The molecule has 0 spiro atoms. The third kappa shape index (κ3) is 8.29. The minimum Gasteiger partial charge on any atom is -0.492 e. The average molecular weight is 584 g/mol. The third-order valence-electron chi connectivity index (χ3n) is 6.44. The van der Waals surface area contributed by atoms with E-state index in [0.29, 0.717) is 17.9 Å². The molecular formula is C31H38FN3O5S. The van der Waals surface area contributed by atoms with Crippen LogP contribution in [0.15, 0.2) is 77.7 Å². The van der Waals surface area contributed by atoms with Crippen molar-refractivity contribution < 1.29 is 27.1 Å². The quantitative estimate of drug-likeness (QED) is 0.308. The molecule has 3 rings (SSSR count). The van der Waals surface area contributed by atoms with Gasteiger partial charge in [0.2, 0.25) is 11.8 Å². The van der Waals surface area contributed by atoms with Crippen LogP contribution in [0.5, 0.6) is 5.75 Å². The molecule has 0 bridgehead atoms. The van der Waals surface area contributed by atoms with Crippen LogP contribution < -0.4 is 14.4 Å². The molecule has 2 amide bonds. The lowest BCUT2D eigenvalue weighted by Gasteiger charge is -2.32. The first kappa shape index (κ1) is 31.6. The van der Waals surface area contributed by atoms with Crippen molar-refractivity contribution in [3.05, 3.63) is 89.7 Å². The monoisotopic (exact) mass is 583 g/mol. The molecular weight excluding hydrogens is 545 g/mol. The summed E-state index contributed by atoms with van der Waals surface area (Å²) in [5, 5.41) is 2.84. The van der Waals surface area contributed by atoms with Gasteiger partial charge in [0.1, 0.15) is 24.2 Å². The number of halogens is 1. The second kappa shape index (κ2) is 14.1. The van der Waals surface area contributed by atoms with Crippen LogP contribution in [0.25, 0.3) is 0 Å². The fraction of sp³-hybridized carbons (Fsp3) is 0.355. The molecule has 220 valence electrons. The van der Waals surface area contributed by atoms with E-state index < -0.39 is 34.3 Å². The van der Waals surface area contributed by atoms with E-state index in [1.165, 1.54) is 41.3 Å². The summed E-state index contributed by atoms with van der Waals surface area (Å²) in [5.74, 6) is -0.929. The summed E-state index contributed by atoms with van der Waals surface area (Å²) < 4.78 is 48.4. The van der Waals surface area contributed by atoms with Crippen LogP contribution in [0.2, 0.25) is 0 Å². The van der Waals surface area contributed by atoms with Crippen LogP contribution in [0.1, 0.15) is 38.8 Å². The zero-order valence-corrected chi connectivity index (χ0v) is 24.9. The number of benzene rings is 3. The molecule has 0 aliphatic heterocycles. The highest BCUT2D eigenvalue weighted by Gasteiger charge is 2.33. The molecule has 41 heavy (non-hydrogen) atoms. The fourth-order valence-electron chi connectivity index (χ4n) is 4.11. The van der Waals surface area contributed by atoms with Crippen LogP contribution in [-0.2, 0) is 26.2 Å². The number of carbonyl (C=O) groups is 2. The van der Waals surface area contributed by atoms with E-state index >= 15 is 0 Å². The van der Waals surface area contributed by atoms with Gasteiger partial charge in [0.15, 0.2) is 0 Å². The van der Waals surface area contributed by atoms with Crippen molar-refractivity contribution in [2.24, 2.45) is 5.92 Å². The van der Waals surface area contributed by atoms with E-state index in [1.807, 2.05) is 20.8 Å². The number of rotatable bonds is 13. The number of nitrogens with zero attached hydrogens (tertiary/aromatic N) is 2. The van der Waals surface area contributed by atoms with Crippen LogP contribution in [0.4, 0.5) is 10.1 Å². The molecule has 0 aliphatic carbocycles. The lowest BCUT2D eigenvalue weighted by Crippen LogP contribution is -2.51. The van der Waals surface area contributed by atoms with Gasteiger partial charge in [0.25, 0.3) is 10.0 Å². The van der Waals surface area contributed by atoms with Gasteiger partial charge in [0.05, 0.1) is 17.2 Å². The molecule has 10 heteroatoms. The molecule has 8 nitrogen and oxygen atoms in total. The number of para-hydroxylation sites is 2. The van der Waals surface area contributed by atoms with Crippen LogP contribution in [0.3, 0.4) is 0 Å². The number of hydrogen-bond acceptors (Lipinski definition) is 5. The number of anilines is 1. The van der Waals surface area contributed by atoms with Crippen molar-refractivity contribution in [1.29, 1.82) is 0 Å². The number of hydrogen-bond donors (Lipinski definition) is 1. The third-order valence-corrected chi connectivity index (χ3v) is 8.21. The number of ether oxygens (including phenoxy) is 1. The second-order valence-corrected chi connectivity index (χ2v) is 12.1. The summed E-state index contributed by atoms with van der Waals surface area (Å²) in [6.07, 6.45) is 0. The van der Waals surface area contributed by atoms with E-state index in [1.54, 1.807) is 50.2 Å². The summed E-state index contributed by atoms with van der Waals surface area (Å²) in [5.41, 5.74) is 1.67. The first-order valence-electron chi connectivity index (χ1n) is 13.6. The van der Waals surface area contributed by atoms with Crippen molar-refractivity contribution in [1.82, 2.24) is 10.2 Å². The second-order valence-electron chi connectivity index (χ2n) is 10.2. The van der Waals surface area contributed by atoms with Crippen molar-refractivity contribution in [3.8, 4) is 5.75 Å². The Kier molecular flexibility index (Phi) is 10.9. The molecule has 0 aliphatic rings. The lowest BCUT2D eigenvalue weighted by molar-refractivity contribution is -0.139. The van der Waals surface area contributed by atoms with E-state index in [-0.39, 0.29) is 35.6 Å². The summed E-state index contributed by atoms with van der Waals surface area (Å²) in [4.78, 5) is 28.4. The Morgan fingerprint density at radius 1 is 0.951 bits per heavy atom. The summed E-state index contributed by atoms with van der Waals surface area (Å²) in [6.45, 7) is 9.20. The predicted octanol–water partition coefficient (Wildman–Crippen LogP) is 4.92. The number of amides is 2. The highest BCUT2D eigenvalue weighted by molar-refractivity contribution is 7.92. The fourth-order valence-corrected chi connectivity index (χ4v) is 5.54. The predicted molar refractivity (Wildman–Crippen MR) is 158 cm³/mol. The van der Waals surface area contributed by atoms with E-state index in [0.717, 1.165) is 9.87 Å². The molecule has 0 fully saturated rings. The lowest BCUT2D eigenvalue weighted by atomic mass is 10.1. The molecule has 3 aromatic rings. The normalized spacial score (nSPS) is 12.1. The van der Waals surface area contributed by atoms with Crippen molar-refractivity contribution in [2.75, 3.05) is 24.0 Å². The Bertz CT molecular complexity index is 1430. The van der Waals surface area contributed by atoms with Gasteiger partial charge in [-0.3, -0.25) is 13.9 Å². The molecule has 0 unspecified atom stereocenters. The van der Waals surface area contributed by atoms with Gasteiger partial charge in [0, 0.05) is 13.1 Å². The number of sulfonamides is 1. The van der Waals surface area contributed by atoms with Gasteiger partial charge in [-0.2, -0.15) is 0 Å². The maximum atomic E-state index is 14.0. The van der Waals surface area contributed by atoms with Crippen LogP contribution in [-0.4, -0.2) is 50.9 Å². The van der Waals surface area contributed by atoms with E-state index in [4.69, 9.17) is 4.74 Å². The topological polar surface area (TPSA) is 96.0 Å². The molecule has 0 radical (unpaired) electrons. The zero-order valence-electron chi connectivity index (χ0n) is 24.1. The largest absolute Gasteiger partial charge is 0.492 e. The smallest absolute Gasteiger partial charge is 0.264 e. The summed E-state index contributed by atoms with van der Waals surface area (Å²) in [6, 6.07) is 17.6. The van der Waals surface area contributed by atoms with Gasteiger partial charge in [-0.25, -0.2) is 12.8 Å². The Labute approximate surface area is 242 Å². The maximum Gasteiger partial charge on any atom is 0.264 e. The SMILES string of the molecule is CCOc1ccccc1N(CC(=O)N(Cc1ccc(F)cc1)[C@H](C)C(=O)NCC(C)C)S(=O)(=O)c1ccc(C)cc1.